The molecule has 0 bridgehead atoms. The van der Waals surface area contributed by atoms with Gasteiger partial charge in [0, 0.05) is 30.4 Å². The van der Waals surface area contributed by atoms with Crippen LogP contribution >= 0.6 is 47.2 Å². The summed E-state index contributed by atoms with van der Waals surface area (Å²) in [5.74, 6) is 0.151. The number of primary amides is 1. The number of aromatic nitrogens is 2. The third kappa shape index (κ3) is 5.58. The number of halogens is 4. The molecule has 0 aliphatic carbocycles. The number of aryl methyl sites for hydroxylation is 1. The largest absolute Gasteiger partial charge is 0.485 e. The quantitative estimate of drug-likeness (QED) is 0.463. The van der Waals surface area contributed by atoms with Gasteiger partial charge in [-0.15, -0.1) is 12.4 Å². The summed E-state index contributed by atoms with van der Waals surface area (Å²) in [4.78, 5) is 31.1. The maximum absolute atomic E-state index is 12.7. The molecule has 33 heavy (non-hydrogen) atoms. The summed E-state index contributed by atoms with van der Waals surface area (Å²) < 4.78 is 7.68. The van der Waals surface area contributed by atoms with Crippen molar-refractivity contribution < 1.29 is 14.3 Å². The van der Waals surface area contributed by atoms with Crippen LogP contribution in [0, 0.1) is 6.92 Å². The van der Waals surface area contributed by atoms with Gasteiger partial charge in [-0.3, -0.25) is 9.20 Å². The van der Waals surface area contributed by atoms with Crippen molar-refractivity contribution in [2.24, 2.45) is 5.73 Å². The maximum atomic E-state index is 12.7. The topological polar surface area (TPSA) is 93.2 Å². The molecule has 1 aromatic carbocycles. The van der Waals surface area contributed by atoms with E-state index in [1.54, 1.807) is 55.8 Å². The number of hydrogen-bond acceptors (Lipinski definition) is 4. The van der Waals surface area contributed by atoms with Gasteiger partial charge in [0.15, 0.2) is 11.4 Å². The molecule has 178 valence electrons. The van der Waals surface area contributed by atoms with Crippen LogP contribution in [0.25, 0.3) is 5.65 Å². The van der Waals surface area contributed by atoms with Crippen molar-refractivity contribution in [1.82, 2.24) is 14.3 Å². The first-order valence-corrected chi connectivity index (χ1v) is 10.8. The van der Waals surface area contributed by atoms with Crippen LogP contribution in [0.3, 0.4) is 0 Å². The highest BCUT2D eigenvalue weighted by molar-refractivity contribution is 6.38. The molecule has 2 N–H and O–H groups in total. The molecule has 3 aromatic rings. The number of imidazole rings is 1. The Hall–Kier alpha value is -2.39. The molecule has 3 rings (SSSR count). The van der Waals surface area contributed by atoms with Crippen LogP contribution < -0.4 is 15.4 Å². The Morgan fingerprint density at radius 1 is 1.21 bits per heavy atom. The van der Waals surface area contributed by atoms with E-state index in [0.717, 1.165) is 0 Å². The summed E-state index contributed by atoms with van der Waals surface area (Å²) in [7, 11) is 1.56. The number of ether oxygens (including phenoxy) is 1. The van der Waals surface area contributed by atoms with Crippen molar-refractivity contribution in [3.63, 3.8) is 0 Å². The van der Waals surface area contributed by atoms with Crippen LogP contribution in [0.4, 0.5) is 10.5 Å². The number of benzene rings is 1. The molecule has 3 amide bonds. The minimum Gasteiger partial charge on any atom is -0.485 e. The lowest BCUT2D eigenvalue weighted by Crippen LogP contribution is -2.43. The minimum atomic E-state index is -0.672. The summed E-state index contributed by atoms with van der Waals surface area (Å²) in [5.41, 5.74) is 7.47. The predicted octanol–water partition coefficient (Wildman–Crippen LogP) is 4.97. The fourth-order valence-electron chi connectivity index (χ4n) is 3.12. The lowest BCUT2D eigenvalue weighted by Gasteiger charge is -2.24. The summed E-state index contributed by atoms with van der Waals surface area (Å²) in [5, 5.41) is 1.15. The van der Waals surface area contributed by atoms with E-state index in [1.165, 1.54) is 9.80 Å². The number of rotatable bonds is 7. The molecule has 0 aliphatic heterocycles. The highest BCUT2D eigenvalue weighted by Crippen LogP contribution is 2.35. The van der Waals surface area contributed by atoms with Crippen LogP contribution in [0.5, 0.6) is 5.75 Å². The van der Waals surface area contributed by atoms with E-state index in [-0.39, 0.29) is 36.5 Å². The third-order valence-electron chi connectivity index (χ3n) is 5.01. The van der Waals surface area contributed by atoms with Crippen LogP contribution in [-0.2, 0) is 11.4 Å². The van der Waals surface area contributed by atoms with Gasteiger partial charge in [-0.1, -0.05) is 34.8 Å². The Kier molecular flexibility index (Phi) is 9.08. The van der Waals surface area contributed by atoms with Gasteiger partial charge >= 0.3 is 6.03 Å². The third-order valence-corrected chi connectivity index (χ3v) is 6.24. The van der Waals surface area contributed by atoms with Crippen molar-refractivity contribution in [2.45, 2.75) is 20.5 Å². The summed E-state index contributed by atoms with van der Waals surface area (Å²) in [6.45, 7) is 3.72. The maximum Gasteiger partial charge on any atom is 0.315 e. The number of anilines is 1. The Labute approximate surface area is 212 Å². The molecule has 0 saturated carbocycles. The number of carbonyl (C=O) groups is 2. The van der Waals surface area contributed by atoms with E-state index in [2.05, 4.69) is 4.98 Å². The zero-order valence-corrected chi connectivity index (χ0v) is 21.2. The number of fused-ring (bicyclic) bond motifs is 1. The molecule has 2 heterocycles. The van der Waals surface area contributed by atoms with Gasteiger partial charge in [-0.25, -0.2) is 9.78 Å². The van der Waals surface area contributed by atoms with Crippen molar-refractivity contribution in [2.75, 3.05) is 25.0 Å². The minimum absolute atomic E-state index is 0. The van der Waals surface area contributed by atoms with Crippen LogP contribution in [-0.4, -0.2) is 46.4 Å². The Balaban J connectivity index is 0.00000385. The molecule has 0 atom stereocenters. The van der Waals surface area contributed by atoms with Gasteiger partial charge in [-0.05, 0) is 38.1 Å². The molecule has 0 fully saturated rings. The number of nitrogens with zero attached hydrogens (tertiary/aromatic N) is 4. The zero-order chi connectivity index (χ0) is 23.6. The number of urea groups is 1. The fourth-order valence-corrected chi connectivity index (χ4v) is 3.90. The lowest BCUT2D eigenvalue weighted by atomic mass is 10.2. The predicted molar refractivity (Wildman–Crippen MR) is 133 cm³/mol. The summed E-state index contributed by atoms with van der Waals surface area (Å²) >= 11 is 19.2. The Morgan fingerprint density at radius 2 is 1.91 bits per heavy atom. The summed E-state index contributed by atoms with van der Waals surface area (Å²) in [6.07, 6.45) is 1.79. The van der Waals surface area contributed by atoms with E-state index in [0.29, 0.717) is 45.1 Å². The lowest BCUT2D eigenvalue weighted by molar-refractivity contribution is -0.118. The number of pyridine rings is 1. The van der Waals surface area contributed by atoms with Crippen LogP contribution in [0.1, 0.15) is 18.2 Å². The van der Waals surface area contributed by atoms with E-state index in [4.69, 9.17) is 45.3 Å². The SMILES string of the molecule is CCN(CC(=O)N(C)c1ccc(Cl)c(COc2cccn3c(Cl)c(C)nc23)c1Cl)C(N)=O.Cl. The van der Waals surface area contributed by atoms with E-state index in [9.17, 15) is 9.59 Å². The monoisotopic (exact) mass is 533 g/mol. The van der Waals surface area contributed by atoms with E-state index >= 15 is 0 Å². The van der Waals surface area contributed by atoms with Crippen LogP contribution in [0.2, 0.25) is 15.2 Å². The van der Waals surface area contributed by atoms with Crippen molar-refractivity contribution in [3.05, 3.63) is 56.9 Å². The highest BCUT2D eigenvalue weighted by atomic mass is 35.5. The molecule has 8 nitrogen and oxygen atoms in total. The van der Waals surface area contributed by atoms with Gasteiger partial charge in [0.05, 0.1) is 16.4 Å². The second-order valence-electron chi connectivity index (χ2n) is 7.01. The van der Waals surface area contributed by atoms with Crippen molar-refractivity contribution in [1.29, 1.82) is 0 Å². The standard InChI is InChI=1S/C21H22Cl3N5O3.ClH/c1-4-28(21(25)31)10-17(30)27(3)15-8-7-14(22)13(18(15)23)11-32-16-6-5-9-29-19(24)12(2)26-20(16)29;/h5-9H,4,10-11H2,1-3H3,(H2,25,31);1H. The average Bonchev–Trinajstić information content (AvgIpc) is 3.05. The number of nitrogens with two attached hydrogens (primary N) is 1. The molecular weight excluding hydrogens is 512 g/mol. The van der Waals surface area contributed by atoms with Gasteiger partial charge < -0.3 is 20.3 Å². The Bertz CT molecular complexity index is 1180. The summed E-state index contributed by atoms with van der Waals surface area (Å²) in [6, 6.07) is 6.15. The second-order valence-corrected chi connectivity index (χ2v) is 8.15. The van der Waals surface area contributed by atoms with Crippen molar-refractivity contribution in [3.8, 4) is 5.75 Å². The second kappa shape index (κ2) is 11.2. The van der Waals surface area contributed by atoms with Crippen molar-refractivity contribution >= 4 is 70.5 Å². The van der Waals surface area contributed by atoms with Gasteiger partial charge in [0.25, 0.3) is 0 Å². The molecular formula is C21H23Cl4N5O3. The fraction of sp³-hybridized carbons (Fsp3) is 0.286. The molecule has 0 spiro atoms. The Morgan fingerprint density at radius 3 is 2.55 bits per heavy atom. The first-order chi connectivity index (χ1) is 15.1. The molecule has 2 aromatic heterocycles. The van der Waals surface area contributed by atoms with Gasteiger partial charge in [-0.2, -0.15) is 0 Å². The number of likely N-dealkylation sites (N-methyl/N-ethyl adjacent to an activating group) is 2. The number of carbonyl (C=O) groups excluding carboxylic acids is 2. The van der Waals surface area contributed by atoms with Crippen LogP contribution in [0.15, 0.2) is 30.5 Å². The van der Waals surface area contributed by atoms with E-state index in [1.807, 2.05) is 0 Å². The molecule has 0 saturated heterocycles. The number of hydrogen-bond donors (Lipinski definition) is 1. The molecule has 12 heteroatoms. The normalized spacial score (nSPS) is 10.6. The van der Waals surface area contributed by atoms with E-state index < -0.39 is 6.03 Å². The first-order valence-electron chi connectivity index (χ1n) is 9.69. The smallest absolute Gasteiger partial charge is 0.315 e. The molecule has 0 radical (unpaired) electrons. The highest BCUT2D eigenvalue weighted by Gasteiger charge is 2.21. The zero-order valence-electron chi connectivity index (χ0n) is 18.1. The van der Waals surface area contributed by atoms with Gasteiger partial charge in [0.2, 0.25) is 5.91 Å². The molecule has 0 aliphatic rings. The average molecular weight is 535 g/mol. The number of amides is 3. The first kappa shape index (κ1) is 26.9. The molecule has 0 unspecified atom stereocenters. The van der Waals surface area contributed by atoms with Gasteiger partial charge in [0.1, 0.15) is 18.3 Å².